The van der Waals surface area contributed by atoms with Crippen LogP contribution in [0.1, 0.15) is 31.4 Å². The second kappa shape index (κ2) is 6.12. The van der Waals surface area contributed by atoms with Crippen LogP contribution in [0.15, 0.2) is 35.6 Å². The Hall–Kier alpha value is -2.21. The standard InChI is InChI=1S/C17H18FNO4/c1-10(20)14-15(11-4-2-5-12(18)8-11)19(17(22)16(14)21)9-13-6-3-7-23-13/h2,4-5,8,13,15,21H,3,6-7,9H2,1H3/t13-,15+/m0/s1. The number of halogens is 1. The highest BCUT2D eigenvalue weighted by molar-refractivity contribution is 6.08. The van der Waals surface area contributed by atoms with Crippen LogP contribution in [0.4, 0.5) is 4.39 Å². The molecule has 122 valence electrons. The van der Waals surface area contributed by atoms with E-state index in [1.165, 1.54) is 30.0 Å². The topological polar surface area (TPSA) is 66.8 Å². The summed E-state index contributed by atoms with van der Waals surface area (Å²) < 4.78 is 19.1. The lowest BCUT2D eigenvalue weighted by Gasteiger charge is -2.28. The summed E-state index contributed by atoms with van der Waals surface area (Å²) in [5.41, 5.74) is 0.476. The predicted molar refractivity (Wildman–Crippen MR) is 80.2 cm³/mol. The number of aliphatic hydroxyl groups is 1. The molecule has 2 atom stereocenters. The van der Waals surface area contributed by atoms with Crippen molar-refractivity contribution in [2.45, 2.75) is 31.9 Å². The summed E-state index contributed by atoms with van der Waals surface area (Å²) in [7, 11) is 0. The normalized spacial score (nSPS) is 24.6. The fraction of sp³-hybridized carbons (Fsp3) is 0.412. The Morgan fingerprint density at radius 2 is 2.26 bits per heavy atom. The fourth-order valence-electron chi connectivity index (χ4n) is 3.23. The number of amides is 1. The van der Waals surface area contributed by atoms with E-state index in [0.29, 0.717) is 12.2 Å². The van der Waals surface area contributed by atoms with Crippen LogP contribution in [-0.4, -0.2) is 41.0 Å². The Labute approximate surface area is 133 Å². The van der Waals surface area contributed by atoms with Gasteiger partial charge in [-0.15, -0.1) is 0 Å². The van der Waals surface area contributed by atoms with Gasteiger partial charge in [-0.05, 0) is 37.5 Å². The number of nitrogens with zero attached hydrogens (tertiary/aromatic N) is 1. The van der Waals surface area contributed by atoms with Crippen molar-refractivity contribution in [2.75, 3.05) is 13.2 Å². The molecule has 2 heterocycles. The van der Waals surface area contributed by atoms with Crippen LogP contribution in [0.25, 0.3) is 0 Å². The molecule has 23 heavy (non-hydrogen) atoms. The molecule has 2 aliphatic rings. The highest BCUT2D eigenvalue weighted by Gasteiger charge is 2.43. The van der Waals surface area contributed by atoms with E-state index in [1.807, 2.05) is 0 Å². The van der Waals surface area contributed by atoms with E-state index < -0.39 is 29.3 Å². The number of benzene rings is 1. The van der Waals surface area contributed by atoms with Crippen LogP contribution in [0.5, 0.6) is 0 Å². The first-order valence-corrected chi connectivity index (χ1v) is 7.61. The van der Waals surface area contributed by atoms with Gasteiger partial charge in [0.05, 0.1) is 17.7 Å². The average molecular weight is 319 g/mol. The van der Waals surface area contributed by atoms with Gasteiger partial charge < -0.3 is 14.7 Å². The lowest BCUT2D eigenvalue weighted by atomic mass is 9.96. The van der Waals surface area contributed by atoms with E-state index in [4.69, 9.17) is 4.74 Å². The lowest BCUT2D eigenvalue weighted by molar-refractivity contribution is -0.131. The van der Waals surface area contributed by atoms with E-state index in [1.54, 1.807) is 6.07 Å². The van der Waals surface area contributed by atoms with Gasteiger partial charge in [0.2, 0.25) is 0 Å². The summed E-state index contributed by atoms with van der Waals surface area (Å²) in [6.45, 7) is 2.19. The Morgan fingerprint density at radius 1 is 1.48 bits per heavy atom. The predicted octanol–water partition coefficient (Wildman–Crippen LogP) is 2.29. The molecule has 0 spiro atoms. The summed E-state index contributed by atoms with van der Waals surface area (Å²) >= 11 is 0. The SMILES string of the molecule is CC(=O)C1=C(O)C(=O)N(C[C@@H]2CCCO2)[C@@H]1c1cccc(F)c1. The zero-order valence-electron chi connectivity index (χ0n) is 12.8. The van der Waals surface area contributed by atoms with E-state index in [9.17, 15) is 19.1 Å². The summed E-state index contributed by atoms with van der Waals surface area (Å²) in [6.07, 6.45) is 1.60. The van der Waals surface area contributed by atoms with Gasteiger partial charge >= 0.3 is 0 Å². The summed E-state index contributed by atoms with van der Waals surface area (Å²) in [6, 6.07) is 4.96. The number of hydrogen-bond donors (Lipinski definition) is 1. The fourth-order valence-corrected chi connectivity index (χ4v) is 3.23. The largest absolute Gasteiger partial charge is 0.503 e. The third-order valence-corrected chi connectivity index (χ3v) is 4.27. The molecule has 3 rings (SSSR count). The molecule has 0 aromatic heterocycles. The van der Waals surface area contributed by atoms with Crippen molar-refractivity contribution < 1.29 is 23.8 Å². The number of carbonyl (C=O) groups excluding carboxylic acids is 2. The number of ether oxygens (including phenoxy) is 1. The van der Waals surface area contributed by atoms with Gasteiger partial charge in [-0.1, -0.05) is 12.1 Å². The maximum absolute atomic E-state index is 13.6. The number of carbonyl (C=O) groups is 2. The van der Waals surface area contributed by atoms with Crippen molar-refractivity contribution in [2.24, 2.45) is 0 Å². The molecule has 0 unspecified atom stereocenters. The van der Waals surface area contributed by atoms with Crippen LogP contribution < -0.4 is 0 Å². The highest BCUT2D eigenvalue weighted by Crippen LogP contribution is 2.38. The zero-order chi connectivity index (χ0) is 16.6. The molecule has 6 heteroatoms. The van der Waals surface area contributed by atoms with Gasteiger partial charge in [0, 0.05) is 13.2 Å². The molecule has 1 aromatic rings. The van der Waals surface area contributed by atoms with Gasteiger partial charge in [0.25, 0.3) is 5.91 Å². The average Bonchev–Trinajstić information content (AvgIpc) is 3.09. The van der Waals surface area contributed by atoms with E-state index in [-0.39, 0.29) is 18.2 Å². The maximum atomic E-state index is 13.6. The minimum absolute atomic E-state index is 0.0126. The van der Waals surface area contributed by atoms with Gasteiger partial charge in [-0.2, -0.15) is 0 Å². The number of hydrogen-bond acceptors (Lipinski definition) is 4. The summed E-state index contributed by atoms with van der Waals surface area (Å²) in [5.74, 6) is -2.02. The van der Waals surface area contributed by atoms with Crippen molar-refractivity contribution in [3.05, 3.63) is 47.0 Å². The molecular weight excluding hydrogens is 301 g/mol. The first kappa shape index (κ1) is 15.7. The molecule has 2 aliphatic heterocycles. The molecule has 1 aromatic carbocycles. The molecular formula is C17H18FNO4. The van der Waals surface area contributed by atoms with Gasteiger partial charge in [-0.3, -0.25) is 9.59 Å². The van der Waals surface area contributed by atoms with E-state index in [0.717, 1.165) is 12.8 Å². The molecule has 1 amide bonds. The quantitative estimate of drug-likeness (QED) is 0.924. The summed E-state index contributed by atoms with van der Waals surface area (Å²) in [5, 5.41) is 10.1. The Morgan fingerprint density at radius 3 is 2.87 bits per heavy atom. The minimum atomic E-state index is -0.778. The second-order valence-electron chi connectivity index (χ2n) is 5.87. The number of ketones is 1. The van der Waals surface area contributed by atoms with Crippen molar-refractivity contribution >= 4 is 11.7 Å². The zero-order valence-corrected chi connectivity index (χ0v) is 12.8. The maximum Gasteiger partial charge on any atom is 0.290 e. The van der Waals surface area contributed by atoms with Crippen LogP contribution >= 0.6 is 0 Å². The first-order chi connectivity index (χ1) is 11.0. The van der Waals surface area contributed by atoms with Crippen LogP contribution in [0.3, 0.4) is 0 Å². The Bertz CT molecular complexity index is 679. The lowest BCUT2D eigenvalue weighted by Crippen LogP contribution is -2.37. The van der Waals surface area contributed by atoms with Gasteiger partial charge in [-0.25, -0.2) is 4.39 Å². The number of rotatable bonds is 4. The third-order valence-electron chi connectivity index (χ3n) is 4.27. The van der Waals surface area contributed by atoms with Crippen molar-refractivity contribution in [1.82, 2.24) is 4.90 Å². The Balaban J connectivity index is 2.00. The van der Waals surface area contributed by atoms with Crippen molar-refractivity contribution in [3.8, 4) is 0 Å². The van der Waals surface area contributed by atoms with Gasteiger partial charge in [0.1, 0.15) is 5.82 Å². The van der Waals surface area contributed by atoms with Crippen LogP contribution in [0, 0.1) is 5.82 Å². The van der Waals surface area contributed by atoms with Crippen LogP contribution in [-0.2, 0) is 14.3 Å². The Kier molecular flexibility index (Phi) is 4.17. The first-order valence-electron chi connectivity index (χ1n) is 7.61. The van der Waals surface area contributed by atoms with Crippen LogP contribution in [0.2, 0.25) is 0 Å². The molecule has 5 nitrogen and oxygen atoms in total. The van der Waals surface area contributed by atoms with Crippen molar-refractivity contribution in [3.63, 3.8) is 0 Å². The molecule has 0 bridgehead atoms. The molecule has 1 fully saturated rings. The molecule has 0 saturated carbocycles. The number of Topliss-reactive ketones (excluding diaryl/α,β-unsaturated/α-hetero) is 1. The molecule has 1 saturated heterocycles. The monoisotopic (exact) mass is 319 g/mol. The minimum Gasteiger partial charge on any atom is -0.503 e. The van der Waals surface area contributed by atoms with E-state index in [2.05, 4.69) is 0 Å². The molecule has 0 aliphatic carbocycles. The second-order valence-corrected chi connectivity index (χ2v) is 5.87. The van der Waals surface area contributed by atoms with Crippen molar-refractivity contribution in [1.29, 1.82) is 0 Å². The molecule has 1 N–H and O–H groups in total. The number of aliphatic hydroxyl groups excluding tert-OH is 1. The third kappa shape index (κ3) is 2.86. The molecule has 0 radical (unpaired) electrons. The smallest absolute Gasteiger partial charge is 0.290 e. The van der Waals surface area contributed by atoms with E-state index >= 15 is 0 Å². The highest BCUT2D eigenvalue weighted by atomic mass is 19.1. The van der Waals surface area contributed by atoms with Gasteiger partial charge in [0.15, 0.2) is 11.5 Å². The summed E-state index contributed by atoms with van der Waals surface area (Å²) in [4.78, 5) is 25.7.